The number of alkyl halides is 3. The van der Waals surface area contributed by atoms with Gasteiger partial charge in [-0.15, -0.1) is 0 Å². The Labute approximate surface area is 158 Å². The zero-order valence-corrected chi connectivity index (χ0v) is 15.1. The van der Waals surface area contributed by atoms with Crippen LogP contribution in [0.5, 0.6) is 0 Å². The maximum absolute atomic E-state index is 13.1. The number of hydrogen-bond acceptors (Lipinski definition) is 7. The first-order chi connectivity index (χ1) is 12.9. The lowest BCUT2D eigenvalue weighted by atomic mass is 10.1. The fourth-order valence-electron chi connectivity index (χ4n) is 3.19. The van der Waals surface area contributed by atoms with Crippen molar-refractivity contribution in [1.29, 1.82) is 0 Å². The Morgan fingerprint density at radius 2 is 2.11 bits per heavy atom. The Hall–Kier alpha value is -2.20. The fourth-order valence-corrected chi connectivity index (χ4v) is 4.06. The van der Waals surface area contributed by atoms with Gasteiger partial charge in [-0.25, -0.2) is 9.98 Å². The van der Waals surface area contributed by atoms with Crippen LogP contribution in [0, 0.1) is 0 Å². The molecule has 27 heavy (non-hydrogen) atoms. The standard InChI is InChI=1S/C17H17F3N6S/c18-17(19,20)15-12(4-1-5-22-15)27-14-8-23-11-7-13(24-16(11)25-14)26-6-2-3-10(21)9-26/h1,4-5,8,10H,2-3,6-7,9,21H2. The van der Waals surface area contributed by atoms with Crippen molar-refractivity contribution in [3.8, 4) is 0 Å². The van der Waals surface area contributed by atoms with Crippen LogP contribution in [0.3, 0.4) is 0 Å². The lowest BCUT2D eigenvalue weighted by Gasteiger charge is -2.32. The van der Waals surface area contributed by atoms with E-state index in [2.05, 4.69) is 24.8 Å². The summed E-state index contributed by atoms with van der Waals surface area (Å²) in [6, 6.07) is 2.97. The van der Waals surface area contributed by atoms with Crippen molar-refractivity contribution in [2.24, 2.45) is 10.7 Å². The fraction of sp³-hybridized carbons (Fsp3) is 0.412. The molecule has 1 fully saturated rings. The second-order valence-electron chi connectivity index (χ2n) is 6.48. The van der Waals surface area contributed by atoms with Gasteiger partial charge in [0.15, 0.2) is 11.5 Å². The number of pyridine rings is 1. The topological polar surface area (TPSA) is 80.3 Å². The van der Waals surface area contributed by atoms with Gasteiger partial charge in [0.1, 0.15) is 10.9 Å². The van der Waals surface area contributed by atoms with Gasteiger partial charge < -0.3 is 10.6 Å². The predicted octanol–water partition coefficient (Wildman–Crippen LogP) is 3.05. The molecule has 0 bridgehead atoms. The van der Waals surface area contributed by atoms with Crippen LogP contribution >= 0.6 is 11.8 Å². The minimum absolute atomic E-state index is 0.0107. The van der Waals surface area contributed by atoms with E-state index in [0.29, 0.717) is 17.3 Å². The largest absolute Gasteiger partial charge is 0.434 e. The van der Waals surface area contributed by atoms with Crippen LogP contribution in [0.2, 0.25) is 0 Å². The molecular weight excluding hydrogens is 377 g/mol. The van der Waals surface area contributed by atoms with Gasteiger partial charge >= 0.3 is 6.18 Å². The molecule has 0 aromatic carbocycles. The second kappa shape index (κ2) is 7.08. The molecule has 1 unspecified atom stereocenters. The van der Waals surface area contributed by atoms with Crippen molar-refractivity contribution < 1.29 is 13.2 Å². The number of nitrogens with two attached hydrogens (primary N) is 1. The number of amidine groups is 1. The Balaban J connectivity index is 1.56. The maximum atomic E-state index is 13.1. The second-order valence-corrected chi connectivity index (χ2v) is 7.54. The summed E-state index contributed by atoms with van der Waals surface area (Å²) < 4.78 is 39.3. The summed E-state index contributed by atoms with van der Waals surface area (Å²) in [7, 11) is 0. The molecule has 0 amide bonds. The summed E-state index contributed by atoms with van der Waals surface area (Å²) in [6.07, 6.45) is 0.672. The van der Waals surface area contributed by atoms with E-state index in [4.69, 9.17) is 5.73 Å². The number of hydrogen-bond donors (Lipinski definition) is 1. The highest BCUT2D eigenvalue weighted by molar-refractivity contribution is 7.99. The Morgan fingerprint density at radius 1 is 1.26 bits per heavy atom. The lowest BCUT2D eigenvalue weighted by molar-refractivity contribution is -0.143. The van der Waals surface area contributed by atoms with E-state index < -0.39 is 11.9 Å². The van der Waals surface area contributed by atoms with Gasteiger partial charge in [0.05, 0.1) is 18.3 Å². The minimum atomic E-state index is -4.52. The lowest BCUT2D eigenvalue weighted by Crippen LogP contribution is -2.45. The monoisotopic (exact) mass is 394 g/mol. The highest BCUT2D eigenvalue weighted by atomic mass is 32.2. The third kappa shape index (κ3) is 3.91. The van der Waals surface area contributed by atoms with E-state index in [-0.39, 0.29) is 10.9 Å². The van der Waals surface area contributed by atoms with Crippen LogP contribution in [-0.4, -0.2) is 44.8 Å². The quantitative estimate of drug-likeness (QED) is 0.843. The zero-order chi connectivity index (χ0) is 19.0. The average Bonchev–Trinajstić information content (AvgIpc) is 3.05. The SMILES string of the molecule is NC1CCCN(C2=Nc3nc(Sc4cccnc4C(F)(F)F)cnc3C2)C1. The first kappa shape index (κ1) is 18.2. The first-order valence-electron chi connectivity index (χ1n) is 8.54. The van der Waals surface area contributed by atoms with Crippen LogP contribution in [0.4, 0.5) is 19.0 Å². The number of nitrogens with zero attached hydrogens (tertiary/aromatic N) is 5. The molecule has 2 aliphatic heterocycles. The summed E-state index contributed by atoms with van der Waals surface area (Å²) >= 11 is 0.885. The molecule has 0 saturated carbocycles. The molecule has 2 aliphatic rings. The number of halogens is 3. The van der Waals surface area contributed by atoms with Crippen LogP contribution in [0.1, 0.15) is 24.2 Å². The van der Waals surface area contributed by atoms with Crippen molar-refractivity contribution in [1.82, 2.24) is 19.9 Å². The molecule has 1 saturated heterocycles. The number of likely N-dealkylation sites (tertiary alicyclic amines) is 1. The number of fused-ring (bicyclic) bond motifs is 1. The highest BCUT2D eigenvalue weighted by Crippen LogP contribution is 2.38. The van der Waals surface area contributed by atoms with Gasteiger partial charge in [-0.3, -0.25) is 9.97 Å². The smallest absolute Gasteiger partial charge is 0.358 e. The number of aliphatic imine (C=N–C) groups is 1. The van der Waals surface area contributed by atoms with E-state index in [1.54, 1.807) is 0 Å². The summed E-state index contributed by atoms with van der Waals surface area (Å²) in [4.78, 5) is 18.9. The maximum Gasteiger partial charge on any atom is 0.434 e. The number of piperidine rings is 1. The summed E-state index contributed by atoms with van der Waals surface area (Å²) in [5, 5.41) is 0.354. The van der Waals surface area contributed by atoms with Crippen LogP contribution in [0.25, 0.3) is 0 Å². The normalized spacial score (nSPS) is 19.8. The molecule has 0 aliphatic carbocycles. The summed E-state index contributed by atoms with van der Waals surface area (Å²) in [6.45, 7) is 1.64. The van der Waals surface area contributed by atoms with E-state index in [1.807, 2.05) is 0 Å². The summed E-state index contributed by atoms with van der Waals surface area (Å²) in [5.41, 5.74) is 5.83. The summed E-state index contributed by atoms with van der Waals surface area (Å²) in [5.74, 6) is 1.34. The van der Waals surface area contributed by atoms with Gasteiger partial charge in [-0.05, 0) is 25.0 Å². The molecule has 6 nitrogen and oxygen atoms in total. The molecule has 142 valence electrons. The van der Waals surface area contributed by atoms with Crippen LogP contribution < -0.4 is 5.73 Å². The molecule has 1 atom stereocenters. The van der Waals surface area contributed by atoms with Gasteiger partial charge in [0, 0.05) is 30.2 Å². The van der Waals surface area contributed by atoms with E-state index in [1.165, 1.54) is 18.3 Å². The van der Waals surface area contributed by atoms with Gasteiger partial charge in [-0.2, -0.15) is 13.2 Å². The molecule has 2 N–H and O–H groups in total. The van der Waals surface area contributed by atoms with Crippen LogP contribution in [-0.2, 0) is 12.6 Å². The molecule has 2 aromatic rings. The number of aromatic nitrogens is 3. The molecule has 10 heteroatoms. The predicted molar refractivity (Wildman–Crippen MR) is 95.0 cm³/mol. The van der Waals surface area contributed by atoms with Gasteiger partial charge in [0.2, 0.25) is 0 Å². The molecule has 0 radical (unpaired) electrons. The van der Waals surface area contributed by atoms with Gasteiger partial charge in [-0.1, -0.05) is 11.8 Å². The Morgan fingerprint density at radius 3 is 2.89 bits per heavy atom. The highest BCUT2D eigenvalue weighted by Gasteiger charge is 2.35. The Kier molecular flexibility index (Phi) is 4.77. The van der Waals surface area contributed by atoms with Crippen molar-refractivity contribution in [2.75, 3.05) is 13.1 Å². The zero-order valence-electron chi connectivity index (χ0n) is 14.3. The molecule has 2 aromatic heterocycles. The first-order valence-corrected chi connectivity index (χ1v) is 9.36. The average molecular weight is 394 g/mol. The molecular formula is C17H17F3N6S. The van der Waals surface area contributed by atoms with Crippen molar-refractivity contribution in [3.05, 3.63) is 35.9 Å². The van der Waals surface area contributed by atoms with Gasteiger partial charge in [0.25, 0.3) is 0 Å². The van der Waals surface area contributed by atoms with E-state index >= 15 is 0 Å². The van der Waals surface area contributed by atoms with Crippen molar-refractivity contribution >= 4 is 23.4 Å². The third-order valence-corrected chi connectivity index (χ3v) is 5.40. The molecule has 4 heterocycles. The van der Waals surface area contributed by atoms with E-state index in [9.17, 15) is 13.2 Å². The minimum Gasteiger partial charge on any atom is -0.358 e. The third-order valence-electron chi connectivity index (χ3n) is 4.44. The molecule has 0 spiro atoms. The Bertz CT molecular complexity index is 885. The number of rotatable bonds is 2. The van der Waals surface area contributed by atoms with Crippen LogP contribution in [0.15, 0.2) is 39.4 Å². The van der Waals surface area contributed by atoms with Crippen molar-refractivity contribution in [3.63, 3.8) is 0 Å². The van der Waals surface area contributed by atoms with Crippen molar-refractivity contribution in [2.45, 2.75) is 41.4 Å². The molecule has 4 rings (SSSR count). The van der Waals surface area contributed by atoms with E-state index in [0.717, 1.165) is 55.4 Å².